The molecule has 0 fully saturated rings. The van der Waals surface area contributed by atoms with Crippen molar-refractivity contribution in [1.82, 2.24) is 0 Å². The van der Waals surface area contributed by atoms with Gasteiger partial charge in [-0.3, -0.25) is 0 Å². The Kier molecular flexibility index (Phi) is 15.3. The molecular formula is C24H34NO2Y-. The first-order chi connectivity index (χ1) is 13.1. The van der Waals surface area contributed by atoms with E-state index in [-0.39, 0.29) is 32.7 Å². The fourth-order valence-corrected chi connectivity index (χ4v) is 2.95. The van der Waals surface area contributed by atoms with E-state index in [1.807, 2.05) is 13.0 Å². The summed E-state index contributed by atoms with van der Waals surface area (Å²) in [5, 5.41) is 0. The smallest absolute Gasteiger partial charge is 0.118 e. The van der Waals surface area contributed by atoms with Crippen LogP contribution in [0.4, 0.5) is 0 Å². The van der Waals surface area contributed by atoms with Gasteiger partial charge in [-0.1, -0.05) is 82.3 Å². The van der Waals surface area contributed by atoms with E-state index in [4.69, 9.17) is 4.74 Å². The fraction of sp³-hybridized carbons (Fsp3) is 0.417. The maximum Gasteiger partial charge on any atom is 0.118 e. The molecule has 2 unspecified atom stereocenters. The van der Waals surface area contributed by atoms with E-state index in [0.29, 0.717) is 17.6 Å². The topological polar surface area (TPSA) is 32.6 Å². The normalized spacial score (nSPS) is 12.0. The van der Waals surface area contributed by atoms with Crippen molar-refractivity contribution in [2.75, 3.05) is 20.8 Å². The van der Waals surface area contributed by atoms with Crippen LogP contribution in [0.5, 0.6) is 0 Å². The summed E-state index contributed by atoms with van der Waals surface area (Å²) in [7, 11) is 3.30. The number of hydrogen-bond acceptors (Lipinski definition) is 2. The van der Waals surface area contributed by atoms with Gasteiger partial charge in [0.2, 0.25) is 0 Å². The first-order valence-corrected chi connectivity index (χ1v) is 9.68. The molecule has 2 atom stereocenters. The van der Waals surface area contributed by atoms with Gasteiger partial charge in [0.25, 0.3) is 0 Å². The Morgan fingerprint density at radius 3 is 2.18 bits per heavy atom. The maximum absolute atomic E-state index is 5.27. The molecule has 4 heteroatoms. The summed E-state index contributed by atoms with van der Waals surface area (Å²) < 4.78 is 5.27. The third-order valence-electron chi connectivity index (χ3n) is 4.61. The molecule has 0 spiro atoms. The quantitative estimate of drug-likeness (QED) is 0.235. The van der Waals surface area contributed by atoms with Crippen LogP contribution in [-0.4, -0.2) is 20.8 Å². The van der Waals surface area contributed by atoms with Crippen molar-refractivity contribution in [3.05, 3.63) is 83.3 Å². The van der Waals surface area contributed by atoms with Gasteiger partial charge in [0, 0.05) is 50.8 Å². The van der Waals surface area contributed by atoms with Crippen LogP contribution in [0.2, 0.25) is 0 Å². The summed E-state index contributed by atoms with van der Waals surface area (Å²) in [5.74, 6) is 1.70. The Hall–Kier alpha value is -0.996. The largest absolute Gasteiger partial charge is 0.537 e. The zero-order valence-electron chi connectivity index (χ0n) is 18.0. The second-order valence-electron chi connectivity index (χ2n) is 6.54. The molecule has 0 saturated carbocycles. The fourth-order valence-electron chi connectivity index (χ4n) is 2.95. The number of rotatable bonds is 9. The minimum atomic E-state index is 0. The van der Waals surface area contributed by atoms with Gasteiger partial charge in [-0.2, -0.15) is 0 Å². The third-order valence-corrected chi connectivity index (χ3v) is 4.61. The van der Waals surface area contributed by atoms with Crippen LogP contribution < -0.4 is 0 Å². The Bertz CT molecular complexity index is 657. The summed E-state index contributed by atoms with van der Waals surface area (Å²) in [6, 6.07) is 19.3. The van der Waals surface area contributed by atoms with Crippen LogP contribution >= 0.6 is 0 Å². The van der Waals surface area contributed by atoms with E-state index in [2.05, 4.69) is 79.3 Å². The first kappa shape index (κ1) is 27.0. The number of methoxy groups -OCH3 is 1. The molecule has 0 aromatic heterocycles. The maximum atomic E-state index is 5.27. The predicted octanol–water partition coefficient (Wildman–Crippen LogP) is 6.81. The van der Waals surface area contributed by atoms with Crippen LogP contribution in [-0.2, 0) is 42.3 Å². The number of benzene rings is 2. The van der Waals surface area contributed by atoms with Gasteiger partial charge in [-0.25, -0.2) is 0 Å². The minimum absolute atomic E-state index is 0. The van der Waals surface area contributed by atoms with E-state index in [9.17, 15) is 0 Å². The molecule has 0 amide bonds. The third kappa shape index (κ3) is 9.00. The van der Waals surface area contributed by atoms with E-state index >= 15 is 0 Å². The van der Waals surface area contributed by atoms with Crippen molar-refractivity contribution >= 4 is 5.76 Å². The van der Waals surface area contributed by atoms with Gasteiger partial charge in [-0.05, 0) is 29.5 Å². The van der Waals surface area contributed by atoms with Gasteiger partial charge < -0.3 is 15.1 Å². The SMILES string of the molecule is C=C(OC)c1cccc(C(c2ccccc2)C(C)CC)c1.CCCO[N-]C.[Y]. The molecule has 2 rings (SSSR count). The Balaban J connectivity index is 0.000000910. The molecule has 1 radical (unpaired) electrons. The molecule has 2 aromatic rings. The summed E-state index contributed by atoms with van der Waals surface area (Å²) >= 11 is 0. The molecule has 0 aliphatic carbocycles. The summed E-state index contributed by atoms with van der Waals surface area (Å²) in [4.78, 5) is 4.61. The Morgan fingerprint density at radius 2 is 1.68 bits per heavy atom. The van der Waals surface area contributed by atoms with E-state index < -0.39 is 0 Å². The summed E-state index contributed by atoms with van der Waals surface area (Å²) in [6.07, 6.45) is 2.19. The average Bonchev–Trinajstić information content (AvgIpc) is 2.73. The van der Waals surface area contributed by atoms with Gasteiger partial charge in [0.1, 0.15) is 5.76 Å². The molecular weight excluding hydrogens is 423 g/mol. The van der Waals surface area contributed by atoms with Crippen LogP contribution in [0.3, 0.4) is 0 Å². The molecule has 2 aromatic carbocycles. The molecule has 0 aliphatic rings. The molecule has 0 bridgehead atoms. The summed E-state index contributed by atoms with van der Waals surface area (Å²) in [6.45, 7) is 11.3. The zero-order valence-corrected chi connectivity index (χ0v) is 20.9. The number of hydrogen-bond donors (Lipinski definition) is 0. The Labute approximate surface area is 196 Å². The van der Waals surface area contributed by atoms with E-state index in [1.54, 1.807) is 14.2 Å². The Morgan fingerprint density at radius 1 is 1.04 bits per heavy atom. The second kappa shape index (κ2) is 15.9. The van der Waals surface area contributed by atoms with Crippen LogP contribution in [0.1, 0.15) is 56.2 Å². The van der Waals surface area contributed by atoms with Crippen molar-refractivity contribution in [1.29, 1.82) is 0 Å². The van der Waals surface area contributed by atoms with Gasteiger partial charge in [0.05, 0.1) is 7.11 Å². The average molecular weight is 457 g/mol. The minimum Gasteiger partial charge on any atom is -0.537 e. The van der Waals surface area contributed by atoms with Crippen LogP contribution in [0.25, 0.3) is 11.2 Å². The monoisotopic (exact) mass is 457 g/mol. The molecule has 151 valence electrons. The molecule has 0 N–H and O–H groups in total. The summed E-state index contributed by atoms with van der Waals surface area (Å²) in [5.41, 5.74) is 7.17. The van der Waals surface area contributed by atoms with Crippen molar-refractivity contribution < 1.29 is 42.3 Å². The van der Waals surface area contributed by atoms with Crippen molar-refractivity contribution in [2.45, 2.75) is 39.5 Å². The number of nitrogens with zero attached hydrogens (tertiary/aromatic N) is 1. The van der Waals surface area contributed by atoms with E-state index in [1.165, 1.54) is 11.1 Å². The van der Waals surface area contributed by atoms with Crippen molar-refractivity contribution in [3.8, 4) is 0 Å². The van der Waals surface area contributed by atoms with Crippen molar-refractivity contribution in [2.24, 2.45) is 5.92 Å². The number of hydroxylamine groups is 1. The van der Waals surface area contributed by atoms with Gasteiger partial charge in [0.15, 0.2) is 0 Å². The van der Waals surface area contributed by atoms with Crippen molar-refractivity contribution in [3.63, 3.8) is 0 Å². The van der Waals surface area contributed by atoms with Gasteiger partial charge in [-0.15, -0.1) is 7.05 Å². The van der Waals surface area contributed by atoms with Crippen LogP contribution in [0, 0.1) is 5.92 Å². The zero-order chi connectivity index (χ0) is 20.1. The second-order valence-corrected chi connectivity index (χ2v) is 6.54. The standard InChI is InChI=1S/C20H24O.C4H10NO.Y/c1-5-15(2)20(17-10-7-6-8-11-17)19-13-9-12-18(14-19)16(3)21-4;1-3-4-6-5-2;/h6-15,20H,3,5H2,1-2,4H3;3-4H2,1-2H3;/q;-1;. The van der Waals surface area contributed by atoms with Crippen LogP contribution in [0.15, 0.2) is 61.2 Å². The molecule has 0 aliphatic heterocycles. The molecule has 28 heavy (non-hydrogen) atoms. The van der Waals surface area contributed by atoms with Gasteiger partial charge >= 0.3 is 0 Å². The van der Waals surface area contributed by atoms with E-state index in [0.717, 1.165) is 25.0 Å². The molecule has 3 nitrogen and oxygen atoms in total. The molecule has 0 heterocycles. The molecule has 0 saturated heterocycles. The predicted molar refractivity (Wildman–Crippen MR) is 116 cm³/mol. The number of ether oxygens (including phenoxy) is 1. The first-order valence-electron chi connectivity index (χ1n) is 9.68.